The molecule has 27 heavy (non-hydrogen) atoms. The molecule has 140 valence electrons. The van der Waals surface area contributed by atoms with Gasteiger partial charge in [0.2, 0.25) is 10.0 Å². The van der Waals surface area contributed by atoms with Crippen molar-refractivity contribution in [1.82, 2.24) is 4.31 Å². The predicted molar refractivity (Wildman–Crippen MR) is 95.2 cm³/mol. The molecule has 0 atom stereocenters. The van der Waals surface area contributed by atoms with Gasteiger partial charge in [-0.3, -0.25) is 10.1 Å². The van der Waals surface area contributed by atoms with E-state index in [2.05, 4.69) is 0 Å². The van der Waals surface area contributed by atoms with E-state index in [1.807, 2.05) is 6.07 Å². The molecule has 0 bridgehead atoms. The Kier molecular flexibility index (Phi) is 5.07. The van der Waals surface area contributed by atoms with Crippen molar-refractivity contribution in [3.8, 4) is 6.07 Å². The van der Waals surface area contributed by atoms with Gasteiger partial charge in [-0.05, 0) is 24.3 Å². The van der Waals surface area contributed by atoms with Gasteiger partial charge in [0.25, 0.3) is 5.69 Å². The third-order valence-electron chi connectivity index (χ3n) is 4.34. The Labute approximate surface area is 155 Å². The number of halogens is 1. The second-order valence-corrected chi connectivity index (χ2v) is 7.80. The summed E-state index contributed by atoms with van der Waals surface area (Å²) in [7, 11) is -3.99. The van der Waals surface area contributed by atoms with Gasteiger partial charge in [-0.2, -0.15) is 9.57 Å². The lowest BCUT2D eigenvalue weighted by Gasteiger charge is -2.35. The average Bonchev–Trinajstić information content (AvgIpc) is 2.67. The van der Waals surface area contributed by atoms with Gasteiger partial charge in [0.1, 0.15) is 16.4 Å². The summed E-state index contributed by atoms with van der Waals surface area (Å²) < 4.78 is 40.3. The number of rotatable bonds is 4. The molecule has 0 unspecified atom stereocenters. The highest BCUT2D eigenvalue weighted by Crippen LogP contribution is 2.31. The van der Waals surface area contributed by atoms with Gasteiger partial charge in [0, 0.05) is 32.2 Å². The molecule has 1 saturated heterocycles. The summed E-state index contributed by atoms with van der Waals surface area (Å²) in [5, 5.41) is 20.3. The van der Waals surface area contributed by atoms with Crippen molar-refractivity contribution >= 4 is 21.4 Å². The first kappa shape index (κ1) is 18.8. The number of hydrogen-bond donors (Lipinski definition) is 0. The molecule has 1 aliphatic heterocycles. The zero-order valence-corrected chi connectivity index (χ0v) is 14.9. The lowest BCUT2D eigenvalue weighted by molar-refractivity contribution is -0.384. The van der Waals surface area contributed by atoms with E-state index in [1.54, 1.807) is 4.90 Å². The normalized spacial score (nSPS) is 15.3. The fraction of sp³-hybridized carbons (Fsp3) is 0.235. The molecule has 0 radical (unpaired) electrons. The van der Waals surface area contributed by atoms with Crippen LogP contribution in [0.1, 0.15) is 5.56 Å². The summed E-state index contributed by atoms with van der Waals surface area (Å²) in [4.78, 5) is 12.0. The summed E-state index contributed by atoms with van der Waals surface area (Å²) >= 11 is 0. The van der Waals surface area contributed by atoms with Gasteiger partial charge in [-0.15, -0.1) is 0 Å². The van der Waals surface area contributed by atoms with E-state index in [0.717, 1.165) is 10.4 Å². The fourth-order valence-electron chi connectivity index (χ4n) is 2.96. The number of piperazine rings is 1. The van der Waals surface area contributed by atoms with E-state index >= 15 is 0 Å². The SMILES string of the molecule is N#Cc1ccc([N+](=O)[O-])c(N2CCN(S(=O)(=O)c3ccccc3F)CC2)c1. The fourth-order valence-corrected chi connectivity index (χ4v) is 4.45. The molecule has 0 amide bonds. The van der Waals surface area contributed by atoms with Crippen molar-refractivity contribution in [2.75, 3.05) is 31.1 Å². The Balaban J connectivity index is 1.83. The highest BCUT2D eigenvalue weighted by molar-refractivity contribution is 7.89. The van der Waals surface area contributed by atoms with Crippen LogP contribution in [0.4, 0.5) is 15.8 Å². The van der Waals surface area contributed by atoms with E-state index in [-0.39, 0.29) is 43.1 Å². The van der Waals surface area contributed by atoms with Gasteiger partial charge in [-0.25, -0.2) is 12.8 Å². The summed E-state index contributed by atoms with van der Waals surface area (Å²) in [6.45, 7) is 0.460. The summed E-state index contributed by atoms with van der Waals surface area (Å²) in [5.74, 6) is -0.822. The number of hydrogen-bond acceptors (Lipinski definition) is 6. The average molecular weight is 390 g/mol. The molecule has 8 nitrogen and oxygen atoms in total. The van der Waals surface area contributed by atoms with E-state index in [0.29, 0.717) is 0 Å². The third-order valence-corrected chi connectivity index (χ3v) is 6.27. The Morgan fingerprint density at radius 3 is 2.37 bits per heavy atom. The molecule has 0 N–H and O–H groups in total. The monoisotopic (exact) mass is 390 g/mol. The number of benzene rings is 2. The maximum Gasteiger partial charge on any atom is 0.292 e. The molecule has 3 rings (SSSR count). The molecule has 2 aromatic rings. The Bertz CT molecular complexity index is 1030. The van der Waals surface area contributed by atoms with Gasteiger partial charge in [0.15, 0.2) is 0 Å². The van der Waals surface area contributed by atoms with Crippen molar-refractivity contribution in [2.45, 2.75) is 4.90 Å². The van der Waals surface area contributed by atoms with Gasteiger partial charge < -0.3 is 4.90 Å². The molecule has 10 heteroatoms. The minimum absolute atomic E-state index is 0.0462. The highest BCUT2D eigenvalue weighted by atomic mass is 32.2. The molecular weight excluding hydrogens is 375 g/mol. The van der Waals surface area contributed by atoms with Gasteiger partial charge in [-0.1, -0.05) is 12.1 Å². The van der Waals surface area contributed by atoms with Gasteiger partial charge >= 0.3 is 0 Å². The summed E-state index contributed by atoms with van der Waals surface area (Å²) in [5.41, 5.74) is 0.387. The molecule has 1 fully saturated rings. The van der Waals surface area contributed by atoms with Crippen LogP contribution >= 0.6 is 0 Å². The number of nitro benzene ring substituents is 1. The van der Waals surface area contributed by atoms with Crippen LogP contribution in [0.2, 0.25) is 0 Å². The molecule has 0 saturated carbocycles. The molecule has 0 spiro atoms. The Morgan fingerprint density at radius 1 is 1.11 bits per heavy atom. The lowest BCUT2D eigenvalue weighted by atomic mass is 10.1. The van der Waals surface area contributed by atoms with Crippen LogP contribution in [-0.4, -0.2) is 43.8 Å². The highest BCUT2D eigenvalue weighted by Gasteiger charge is 2.32. The summed E-state index contributed by atoms with van der Waals surface area (Å²) in [6, 6.07) is 11.1. The quantitative estimate of drug-likeness (QED) is 0.584. The maximum absolute atomic E-state index is 13.9. The number of anilines is 1. The molecule has 1 heterocycles. The molecule has 0 aromatic heterocycles. The van der Waals surface area contributed by atoms with E-state index in [1.165, 1.54) is 36.4 Å². The van der Waals surface area contributed by atoms with E-state index < -0.39 is 25.7 Å². The second-order valence-electron chi connectivity index (χ2n) is 5.89. The van der Waals surface area contributed by atoms with E-state index in [9.17, 15) is 22.9 Å². The van der Waals surface area contributed by atoms with Crippen LogP contribution in [-0.2, 0) is 10.0 Å². The minimum atomic E-state index is -3.99. The largest absolute Gasteiger partial charge is 0.363 e. The summed E-state index contributed by atoms with van der Waals surface area (Å²) in [6.07, 6.45) is 0. The molecule has 2 aromatic carbocycles. The van der Waals surface area contributed by atoms with Crippen molar-refractivity contribution in [3.63, 3.8) is 0 Å². The van der Waals surface area contributed by atoms with Crippen LogP contribution in [0.15, 0.2) is 47.4 Å². The van der Waals surface area contributed by atoms with Crippen LogP contribution < -0.4 is 4.90 Å². The lowest BCUT2D eigenvalue weighted by Crippen LogP contribution is -2.49. The Morgan fingerprint density at radius 2 is 1.78 bits per heavy atom. The number of nitrogens with zero attached hydrogens (tertiary/aromatic N) is 4. The van der Waals surface area contributed by atoms with Crippen molar-refractivity contribution in [2.24, 2.45) is 0 Å². The van der Waals surface area contributed by atoms with Crippen molar-refractivity contribution < 1.29 is 17.7 Å². The standard InChI is InChI=1S/C17H15FN4O4S/c18-14-3-1-2-4-17(14)27(25,26)21-9-7-20(8-10-21)16-11-13(12-19)5-6-15(16)22(23)24/h1-6,11H,7-10H2. The Hall–Kier alpha value is -3.03. The number of nitro groups is 1. The van der Waals surface area contributed by atoms with Crippen LogP contribution in [0.5, 0.6) is 0 Å². The van der Waals surface area contributed by atoms with Gasteiger partial charge in [0.05, 0.1) is 16.6 Å². The van der Waals surface area contributed by atoms with Crippen LogP contribution in [0, 0.1) is 27.3 Å². The second kappa shape index (κ2) is 7.30. The zero-order valence-electron chi connectivity index (χ0n) is 14.1. The maximum atomic E-state index is 13.9. The third kappa shape index (κ3) is 3.60. The topological polar surface area (TPSA) is 108 Å². The molecule has 0 aliphatic carbocycles. The van der Waals surface area contributed by atoms with Crippen molar-refractivity contribution in [1.29, 1.82) is 5.26 Å². The number of sulfonamides is 1. The first-order valence-electron chi connectivity index (χ1n) is 8.03. The van der Waals surface area contributed by atoms with Crippen LogP contribution in [0.25, 0.3) is 0 Å². The minimum Gasteiger partial charge on any atom is -0.363 e. The molecular formula is C17H15FN4O4S. The number of nitriles is 1. The van der Waals surface area contributed by atoms with Crippen LogP contribution in [0.3, 0.4) is 0 Å². The first-order chi connectivity index (χ1) is 12.8. The van der Waals surface area contributed by atoms with E-state index in [4.69, 9.17) is 5.26 Å². The molecule has 1 aliphatic rings. The smallest absolute Gasteiger partial charge is 0.292 e. The van der Waals surface area contributed by atoms with Crippen molar-refractivity contribution in [3.05, 3.63) is 64.0 Å². The predicted octanol–water partition coefficient (Wildman–Crippen LogP) is 2.12. The zero-order chi connectivity index (χ0) is 19.6. The first-order valence-corrected chi connectivity index (χ1v) is 9.47.